The van der Waals surface area contributed by atoms with Crippen LogP contribution in [-0.2, 0) is 5.54 Å². The molecule has 3 nitrogen and oxygen atoms in total. The third kappa shape index (κ3) is 2.58. The van der Waals surface area contributed by atoms with E-state index in [0.29, 0.717) is 0 Å². The molecule has 0 aliphatic heterocycles. The lowest BCUT2D eigenvalue weighted by atomic mass is 10.00. The average molecular weight is 294 g/mol. The van der Waals surface area contributed by atoms with Crippen LogP contribution in [-0.4, -0.2) is 9.97 Å². The third-order valence-electron chi connectivity index (χ3n) is 2.99. The zero-order valence-electron chi connectivity index (χ0n) is 10.00. The first-order valence-electron chi connectivity index (χ1n) is 5.63. The minimum atomic E-state index is -0.399. The van der Waals surface area contributed by atoms with E-state index in [1.54, 1.807) is 0 Å². The van der Waals surface area contributed by atoms with Crippen molar-refractivity contribution in [2.45, 2.75) is 25.8 Å². The number of nitrogens with one attached hydrogen (secondary N) is 1. The fourth-order valence-corrected chi connectivity index (χ4v) is 1.98. The maximum Gasteiger partial charge on any atom is 0.126 e. The number of H-pyrrole nitrogens is 1. The van der Waals surface area contributed by atoms with Crippen molar-refractivity contribution in [2.75, 3.05) is 0 Å². The van der Waals surface area contributed by atoms with Gasteiger partial charge in [0.2, 0.25) is 0 Å². The normalized spacial score (nSPS) is 14.6. The van der Waals surface area contributed by atoms with Crippen LogP contribution in [0.1, 0.15) is 26.1 Å². The minimum Gasteiger partial charge on any atom is -0.340 e. The van der Waals surface area contributed by atoms with Crippen molar-refractivity contribution in [3.63, 3.8) is 0 Å². The number of benzene rings is 1. The molecule has 3 N–H and O–H groups in total. The van der Waals surface area contributed by atoms with Crippen molar-refractivity contribution < 1.29 is 0 Å². The summed E-state index contributed by atoms with van der Waals surface area (Å²) in [5.74, 6) is 0.829. The Hall–Kier alpha value is -1.13. The summed E-state index contributed by atoms with van der Waals surface area (Å²) in [6.45, 7) is 4.04. The Morgan fingerprint density at radius 1 is 1.47 bits per heavy atom. The van der Waals surface area contributed by atoms with E-state index < -0.39 is 5.54 Å². The molecular formula is C13H16BrN3. The van der Waals surface area contributed by atoms with Gasteiger partial charge in [0.15, 0.2) is 0 Å². The molecule has 1 aromatic carbocycles. The topological polar surface area (TPSA) is 54.7 Å². The van der Waals surface area contributed by atoms with Gasteiger partial charge >= 0.3 is 0 Å². The average Bonchev–Trinajstić information content (AvgIpc) is 2.79. The summed E-state index contributed by atoms with van der Waals surface area (Å²) < 4.78 is 1.05. The van der Waals surface area contributed by atoms with Crippen LogP contribution in [0.3, 0.4) is 0 Å². The summed E-state index contributed by atoms with van der Waals surface area (Å²) >= 11 is 3.46. The first-order chi connectivity index (χ1) is 8.03. The smallest absolute Gasteiger partial charge is 0.126 e. The number of aromatic amines is 1. The van der Waals surface area contributed by atoms with Gasteiger partial charge in [-0.05, 0) is 25.5 Å². The van der Waals surface area contributed by atoms with Gasteiger partial charge in [0, 0.05) is 10.0 Å². The third-order valence-corrected chi connectivity index (χ3v) is 3.48. The van der Waals surface area contributed by atoms with Crippen LogP contribution >= 0.6 is 15.9 Å². The molecule has 0 fully saturated rings. The van der Waals surface area contributed by atoms with Crippen molar-refractivity contribution in [2.24, 2.45) is 5.73 Å². The maximum atomic E-state index is 6.16. The molecule has 0 saturated carbocycles. The second-order valence-corrected chi connectivity index (χ2v) is 5.34. The first-order valence-corrected chi connectivity index (χ1v) is 6.42. The highest BCUT2D eigenvalue weighted by atomic mass is 79.9. The highest BCUT2D eigenvalue weighted by Crippen LogP contribution is 2.24. The number of nitrogens with two attached hydrogens (primary N) is 1. The Morgan fingerprint density at radius 2 is 2.24 bits per heavy atom. The van der Waals surface area contributed by atoms with E-state index in [1.807, 2.05) is 31.3 Å². The van der Waals surface area contributed by atoms with Gasteiger partial charge in [-0.15, -0.1) is 0 Å². The lowest BCUT2D eigenvalue weighted by molar-refractivity contribution is 0.450. The van der Waals surface area contributed by atoms with E-state index in [4.69, 9.17) is 5.73 Å². The molecule has 1 heterocycles. The van der Waals surface area contributed by atoms with Crippen LogP contribution in [0.25, 0.3) is 11.3 Å². The van der Waals surface area contributed by atoms with Gasteiger partial charge in [-0.25, -0.2) is 4.98 Å². The molecule has 17 heavy (non-hydrogen) atoms. The van der Waals surface area contributed by atoms with Gasteiger partial charge in [-0.3, -0.25) is 0 Å². The summed E-state index contributed by atoms with van der Waals surface area (Å²) in [4.78, 5) is 7.66. The molecule has 0 aliphatic rings. The molecule has 2 aromatic rings. The molecule has 0 spiro atoms. The quantitative estimate of drug-likeness (QED) is 0.911. The standard InChI is InChI=1S/C13H16BrN3/c1-3-13(2,15)12-16-8-11(17-12)9-5-4-6-10(14)7-9/h4-8H,3,15H2,1-2H3,(H,16,17). The van der Waals surface area contributed by atoms with Crippen molar-refractivity contribution in [3.05, 3.63) is 40.8 Å². The largest absolute Gasteiger partial charge is 0.340 e. The van der Waals surface area contributed by atoms with Crippen molar-refractivity contribution >= 4 is 15.9 Å². The molecule has 4 heteroatoms. The Bertz CT molecular complexity index is 517. The molecule has 0 amide bonds. The number of imidazole rings is 1. The Labute approximate surface area is 110 Å². The summed E-state index contributed by atoms with van der Waals surface area (Å²) in [6, 6.07) is 8.10. The highest BCUT2D eigenvalue weighted by molar-refractivity contribution is 9.10. The van der Waals surface area contributed by atoms with Crippen LogP contribution in [0.5, 0.6) is 0 Å². The lowest BCUT2D eigenvalue weighted by Gasteiger charge is -2.19. The zero-order chi connectivity index (χ0) is 12.5. The Balaban J connectivity index is 2.36. The van der Waals surface area contributed by atoms with Gasteiger partial charge in [-0.1, -0.05) is 35.0 Å². The molecule has 2 rings (SSSR count). The van der Waals surface area contributed by atoms with E-state index in [0.717, 1.165) is 28.0 Å². The van der Waals surface area contributed by atoms with Crippen LogP contribution in [0.2, 0.25) is 0 Å². The highest BCUT2D eigenvalue weighted by Gasteiger charge is 2.22. The van der Waals surface area contributed by atoms with Gasteiger partial charge < -0.3 is 10.7 Å². The van der Waals surface area contributed by atoms with E-state index in [1.165, 1.54) is 0 Å². The minimum absolute atomic E-state index is 0.399. The summed E-state index contributed by atoms with van der Waals surface area (Å²) in [6.07, 6.45) is 2.68. The van der Waals surface area contributed by atoms with E-state index in [-0.39, 0.29) is 0 Å². The SMILES string of the molecule is CCC(C)(N)c1ncc(-c2cccc(Br)c2)[nH]1. The number of nitrogens with zero attached hydrogens (tertiary/aromatic N) is 1. The number of hydrogen-bond acceptors (Lipinski definition) is 2. The Morgan fingerprint density at radius 3 is 2.88 bits per heavy atom. The summed E-state index contributed by atoms with van der Waals surface area (Å²) in [5.41, 5.74) is 7.85. The molecule has 0 aliphatic carbocycles. The second-order valence-electron chi connectivity index (χ2n) is 4.43. The molecular weight excluding hydrogens is 278 g/mol. The number of hydrogen-bond donors (Lipinski definition) is 2. The van der Waals surface area contributed by atoms with Crippen molar-refractivity contribution in [1.82, 2.24) is 9.97 Å². The molecule has 1 unspecified atom stereocenters. The fraction of sp³-hybridized carbons (Fsp3) is 0.308. The molecule has 1 aromatic heterocycles. The van der Waals surface area contributed by atoms with Gasteiger partial charge in [0.1, 0.15) is 5.82 Å². The van der Waals surface area contributed by atoms with Crippen molar-refractivity contribution in [3.8, 4) is 11.3 Å². The fourth-order valence-electron chi connectivity index (χ4n) is 1.58. The first kappa shape index (κ1) is 12.3. The molecule has 0 bridgehead atoms. The van der Waals surface area contributed by atoms with E-state index in [9.17, 15) is 0 Å². The predicted molar refractivity (Wildman–Crippen MR) is 73.6 cm³/mol. The van der Waals surface area contributed by atoms with Crippen LogP contribution in [0.4, 0.5) is 0 Å². The van der Waals surface area contributed by atoms with Gasteiger partial charge in [-0.2, -0.15) is 0 Å². The number of rotatable bonds is 3. The lowest BCUT2D eigenvalue weighted by Crippen LogP contribution is -2.33. The van der Waals surface area contributed by atoms with Gasteiger partial charge in [0.05, 0.1) is 17.4 Å². The van der Waals surface area contributed by atoms with Crippen LogP contribution in [0.15, 0.2) is 34.9 Å². The molecule has 0 saturated heterocycles. The monoisotopic (exact) mass is 293 g/mol. The van der Waals surface area contributed by atoms with E-state index in [2.05, 4.69) is 38.9 Å². The zero-order valence-corrected chi connectivity index (χ0v) is 11.6. The molecule has 0 radical (unpaired) electrons. The van der Waals surface area contributed by atoms with Crippen LogP contribution < -0.4 is 5.73 Å². The number of halogens is 1. The predicted octanol–water partition coefficient (Wildman–Crippen LogP) is 3.42. The van der Waals surface area contributed by atoms with E-state index >= 15 is 0 Å². The maximum absolute atomic E-state index is 6.16. The van der Waals surface area contributed by atoms with Gasteiger partial charge in [0.25, 0.3) is 0 Å². The summed E-state index contributed by atoms with van der Waals surface area (Å²) in [7, 11) is 0. The Kier molecular flexibility index (Phi) is 3.35. The second kappa shape index (κ2) is 4.63. The van der Waals surface area contributed by atoms with Crippen LogP contribution in [0, 0.1) is 0 Å². The van der Waals surface area contributed by atoms with Crippen molar-refractivity contribution in [1.29, 1.82) is 0 Å². The molecule has 1 atom stereocenters. The summed E-state index contributed by atoms with van der Waals surface area (Å²) in [5, 5.41) is 0. The number of aromatic nitrogens is 2. The molecule has 90 valence electrons.